The molecule has 0 saturated carbocycles. The minimum Gasteiger partial charge on any atom is -0.399 e. The van der Waals surface area contributed by atoms with Gasteiger partial charge in [-0.15, -0.1) is 0 Å². The second-order valence-corrected chi connectivity index (χ2v) is 5.22. The average molecular weight is 260 g/mol. The third-order valence-electron chi connectivity index (χ3n) is 3.85. The van der Waals surface area contributed by atoms with Gasteiger partial charge in [0.05, 0.1) is 6.67 Å². The molecular formula is C14H20N4O. The Hall–Kier alpha value is -1.59. The summed E-state index contributed by atoms with van der Waals surface area (Å²) in [7, 11) is 0. The number of piperazine rings is 1. The molecule has 2 aliphatic heterocycles. The average Bonchev–Trinajstić information content (AvgIpc) is 2.43. The van der Waals surface area contributed by atoms with E-state index in [2.05, 4.69) is 10.2 Å². The Labute approximate surface area is 113 Å². The summed E-state index contributed by atoms with van der Waals surface area (Å²) >= 11 is 0. The predicted octanol–water partition coefficient (Wildman–Crippen LogP) is 0.411. The quantitative estimate of drug-likeness (QED) is 0.756. The van der Waals surface area contributed by atoms with Gasteiger partial charge >= 0.3 is 0 Å². The van der Waals surface area contributed by atoms with E-state index < -0.39 is 0 Å². The maximum absolute atomic E-state index is 12.2. The van der Waals surface area contributed by atoms with Crippen molar-refractivity contribution in [2.75, 3.05) is 43.5 Å². The van der Waals surface area contributed by atoms with Crippen molar-refractivity contribution < 1.29 is 4.79 Å². The van der Waals surface area contributed by atoms with Crippen LogP contribution in [0.4, 0.5) is 11.4 Å². The van der Waals surface area contributed by atoms with Crippen molar-refractivity contribution in [2.45, 2.75) is 12.8 Å². The predicted molar refractivity (Wildman–Crippen MR) is 76.0 cm³/mol. The van der Waals surface area contributed by atoms with E-state index in [1.807, 2.05) is 23.1 Å². The molecule has 102 valence electrons. The van der Waals surface area contributed by atoms with Crippen molar-refractivity contribution in [3.8, 4) is 0 Å². The SMILES string of the molecule is Nc1ccc2c(c1)CCC(=O)N2CN1CCNCC1. The Balaban J connectivity index is 1.82. The second-order valence-electron chi connectivity index (χ2n) is 5.22. The molecule has 3 rings (SSSR count). The van der Waals surface area contributed by atoms with Crippen LogP contribution < -0.4 is 16.0 Å². The van der Waals surface area contributed by atoms with Crippen molar-refractivity contribution in [1.29, 1.82) is 0 Å². The van der Waals surface area contributed by atoms with Gasteiger partial charge in [0.15, 0.2) is 0 Å². The fourth-order valence-electron chi connectivity index (χ4n) is 2.79. The molecule has 0 spiro atoms. The zero-order chi connectivity index (χ0) is 13.2. The molecule has 1 fully saturated rings. The zero-order valence-corrected chi connectivity index (χ0v) is 11.1. The third kappa shape index (κ3) is 2.57. The highest BCUT2D eigenvalue weighted by atomic mass is 16.2. The van der Waals surface area contributed by atoms with Crippen LogP contribution in [0.1, 0.15) is 12.0 Å². The lowest BCUT2D eigenvalue weighted by molar-refractivity contribution is -0.119. The lowest BCUT2D eigenvalue weighted by Crippen LogP contribution is -2.50. The van der Waals surface area contributed by atoms with E-state index in [1.54, 1.807) is 0 Å². The van der Waals surface area contributed by atoms with Crippen molar-refractivity contribution in [1.82, 2.24) is 10.2 Å². The number of nitrogens with one attached hydrogen (secondary N) is 1. The number of carbonyl (C=O) groups excluding carboxylic acids is 1. The van der Waals surface area contributed by atoms with Gasteiger partial charge < -0.3 is 11.1 Å². The van der Waals surface area contributed by atoms with Gasteiger partial charge in [-0.2, -0.15) is 0 Å². The van der Waals surface area contributed by atoms with Gasteiger partial charge in [-0.25, -0.2) is 0 Å². The Morgan fingerprint density at radius 2 is 2.00 bits per heavy atom. The molecule has 0 aromatic heterocycles. The molecule has 5 nitrogen and oxygen atoms in total. The van der Waals surface area contributed by atoms with Gasteiger partial charge in [0.25, 0.3) is 0 Å². The standard InChI is InChI=1S/C14H20N4O/c15-12-2-3-13-11(9-12)1-4-14(19)18(13)10-17-7-5-16-6-8-17/h2-3,9,16H,1,4-8,10,15H2. The largest absolute Gasteiger partial charge is 0.399 e. The number of hydrogen-bond donors (Lipinski definition) is 2. The number of nitrogens with two attached hydrogens (primary N) is 1. The van der Waals surface area contributed by atoms with Crippen LogP contribution in [0.15, 0.2) is 18.2 Å². The molecule has 0 aliphatic carbocycles. The summed E-state index contributed by atoms with van der Waals surface area (Å²) in [5.41, 5.74) is 8.82. The summed E-state index contributed by atoms with van der Waals surface area (Å²) in [5, 5.41) is 3.33. The molecule has 0 unspecified atom stereocenters. The van der Waals surface area contributed by atoms with Crippen LogP contribution >= 0.6 is 0 Å². The number of hydrogen-bond acceptors (Lipinski definition) is 4. The normalized spacial score (nSPS) is 20.4. The Bertz CT molecular complexity index is 482. The molecule has 1 amide bonds. The minimum atomic E-state index is 0.218. The van der Waals surface area contributed by atoms with Crippen LogP contribution in [0, 0.1) is 0 Å². The summed E-state index contributed by atoms with van der Waals surface area (Å²) in [4.78, 5) is 16.4. The van der Waals surface area contributed by atoms with E-state index in [1.165, 1.54) is 5.56 Å². The molecule has 19 heavy (non-hydrogen) atoms. The summed E-state index contributed by atoms with van der Waals surface area (Å²) in [5.74, 6) is 0.218. The number of nitrogens with zero attached hydrogens (tertiary/aromatic N) is 2. The van der Waals surface area contributed by atoms with Gasteiger partial charge in [-0.05, 0) is 30.2 Å². The van der Waals surface area contributed by atoms with Gasteiger partial charge in [0.1, 0.15) is 0 Å². The van der Waals surface area contributed by atoms with Crippen LogP contribution in [-0.4, -0.2) is 43.7 Å². The summed E-state index contributed by atoms with van der Waals surface area (Å²) in [6.07, 6.45) is 1.39. The van der Waals surface area contributed by atoms with Crippen LogP contribution in [0.3, 0.4) is 0 Å². The summed E-state index contributed by atoms with van der Waals surface area (Å²) in [6, 6.07) is 5.85. The van der Waals surface area contributed by atoms with E-state index >= 15 is 0 Å². The lowest BCUT2D eigenvalue weighted by Gasteiger charge is -2.36. The van der Waals surface area contributed by atoms with Gasteiger partial charge in [0.2, 0.25) is 5.91 Å². The van der Waals surface area contributed by atoms with E-state index in [0.29, 0.717) is 13.1 Å². The molecule has 2 heterocycles. The highest BCUT2D eigenvalue weighted by Crippen LogP contribution is 2.29. The number of aryl methyl sites for hydroxylation is 1. The molecule has 1 saturated heterocycles. The first kappa shape index (κ1) is 12.4. The fourth-order valence-corrected chi connectivity index (χ4v) is 2.79. The number of amides is 1. The number of benzene rings is 1. The van der Waals surface area contributed by atoms with E-state index in [4.69, 9.17) is 5.73 Å². The Kier molecular flexibility index (Phi) is 3.40. The third-order valence-corrected chi connectivity index (χ3v) is 3.85. The van der Waals surface area contributed by atoms with Gasteiger partial charge in [0, 0.05) is 44.0 Å². The highest BCUT2D eigenvalue weighted by molar-refractivity contribution is 5.96. The second kappa shape index (κ2) is 5.19. The first-order chi connectivity index (χ1) is 9.24. The maximum atomic E-state index is 12.2. The molecule has 0 bridgehead atoms. The number of carbonyl (C=O) groups is 1. The maximum Gasteiger partial charge on any atom is 0.228 e. The van der Waals surface area contributed by atoms with E-state index in [-0.39, 0.29) is 5.91 Å². The van der Waals surface area contributed by atoms with Crippen LogP contribution in [0.2, 0.25) is 0 Å². The van der Waals surface area contributed by atoms with Crippen molar-refractivity contribution >= 4 is 17.3 Å². The van der Waals surface area contributed by atoms with Crippen LogP contribution in [-0.2, 0) is 11.2 Å². The molecule has 2 aliphatic rings. The number of rotatable bonds is 2. The number of nitrogen functional groups attached to an aromatic ring is 1. The van der Waals surface area contributed by atoms with Crippen molar-refractivity contribution in [3.05, 3.63) is 23.8 Å². The molecule has 5 heteroatoms. The number of fused-ring (bicyclic) bond motifs is 1. The topological polar surface area (TPSA) is 61.6 Å². The molecular weight excluding hydrogens is 240 g/mol. The summed E-state index contributed by atoms with van der Waals surface area (Å²) in [6.45, 7) is 4.67. The molecule has 1 aromatic carbocycles. The first-order valence-electron chi connectivity index (χ1n) is 6.86. The van der Waals surface area contributed by atoms with Crippen molar-refractivity contribution in [2.24, 2.45) is 0 Å². The summed E-state index contributed by atoms with van der Waals surface area (Å²) < 4.78 is 0. The molecule has 0 atom stereocenters. The highest BCUT2D eigenvalue weighted by Gasteiger charge is 2.26. The molecule has 1 aromatic rings. The van der Waals surface area contributed by atoms with Gasteiger partial charge in [-0.3, -0.25) is 14.6 Å². The first-order valence-corrected chi connectivity index (χ1v) is 6.86. The van der Waals surface area contributed by atoms with Gasteiger partial charge in [-0.1, -0.05) is 0 Å². The number of anilines is 2. The monoisotopic (exact) mass is 260 g/mol. The molecule has 0 radical (unpaired) electrons. The fraction of sp³-hybridized carbons (Fsp3) is 0.500. The van der Waals surface area contributed by atoms with E-state index in [0.717, 1.165) is 44.0 Å². The van der Waals surface area contributed by atoms with Crippen LogP contribution in [0.25, 0.3) is 0 Å². The van der Waals surface area contributed by atoms with Crippen molar-refractivity contribution in [3.63, 3.8) is 0 Å². The minimum absolute atomic E-state index is 0.218. The molecule has 3 N–H and O–H groups in total. The van der Waals surface area contributed by atoms with Crippen LogP contribution in [0.5, 0.6) is 0 Å². The Morgan fingerprint density at radius 1 is 1.21 bits per heavy atom. The zero-order valence-electron chi connectivity index (χ0n) is 11.1. The smallest absolute Gasteiger partial charge is 0.228 e. The van der Waals surface area contributed by atoms with E-state index in [9.17, 15) is 4.79 Å². The Morgan fingerprint density at radius 3 is 2.79 bits per heavy atom. The lowest BCUT2D eigenvalue weighted by atomic mass is 10.0.